The minimum Gasteiger partial charge on any atom is -0.336 e. The van der Waals surface area contributed by atoms with Crippen LogP contribution in [-0.2, 0) is 9.84 Å². The zero-order valence-corrected chi connectivity index (χ0v) is 11.3. The van der Waals surface area contributed by atoms with Gasteiger partial charge in [0.25, 0.3) is 5.91 Å². The standard InChI is InChI=1S/C10H14N2O3S2/c1-7-5-16-9(11-7)10(13)12(2)8-3-4-17(14,15)6-8/h5,8H,3-4,6H2,1-2H3. The van der Waals surface area contributed by atoms with E-state index in [0.29, 0.717) is 11.4 Å². The number of amides is 1. The highest BCUT2D eigenvalue weighted by molar-refractivity contribution is 7.91. The topological polar surface area (TPSA) is 67.3 Å². The molecule has 0 saturated carbocycles. The van der Waals surface area contributed by atoms with Gasteiger partial charge in [0.1, 0.15) is 0 Å². The molecule has 0 bridgehead atoms. The smallest absolute Gasteiger partial charge is 0.282 e. The molecule has 1 aliphatic heterocycles. The molecule has 1 aromatic heterocycles. The Kier molecular flexibility index (Phi) is 3.22. The minimum absolute atomic E-state index is 0.0690. The largest absolute Gasteiger partial charge is 0.336 e. The number of rotatable bonds is 2. The van der Waals surface area contributed by atoms with Gasteiger partial charge in [-0.25, -0.2) is 13.4 Å². The molecule has 0 radical (unpaired) electrons. The van der Waals surface area contributed by atoms with E-state index < -0.39 is 9.84 Å². The summed E-state index contributed by atoms with van der Waals surface area (Å²) in [6, 6.07) is -0.211. The molecule has 0 N–H and O–H groups in total. The van der Waals surface area contributed by atoms with E-state index in [0.717, 1.165) is 5.69 Å². The minimum atomic E-state index is -2.96. The van der Waals surface area contributed by atoms with Crippen LogP contribution in [0.25, 0.3) is 0 Å². The van der Waals surface area contributed by atoms with Crippen molar-refractivity contribution in [3.8, 4) is 0 Å². The van der Waals surface area contributed by atoms with E-state index >= 15 is 0 Å². The second-order valence-electron chi connectivity index (χ2n) is 4.27. The molecular formula is C10H14N2O3S2. The van der Waals surface area contributed by atoms with Gasteiger partial charge in [0.2, 0.25) is 0 Å². The van der Waals surface area contributed by atoms with Crippen LogP contribution in [0.3, 0.4) is 0 Å². The second-order valence-corrected chi connectivity index (χ2v) is 7.35. The number of thiazole rings is 1. The Morgan fingerprint density at radius 1 is 1.59 bits per heavy atom. The normalized spacial score (nSPS) is 22.6. The van der Waals surface area contributed by atoms with Crippen LogP contribution < -0.4 is 0 Å². The molecule has 1 fully saturated rings. The van der Waals surface area contributed by atoms with Crippen LogP contribution in [0, 0.1) is 6.92 Å². The van der Waals surface area contributed by atoms with Gasteiger partial charge in [0, 0.05) is 24.2 Å². The van der Waals surface area contributed by atoms with Crippen LogP contribution in [-0.4, -0.2) is 48.8 Å². The molecule has 0 spiro atoms. The Bertz CT molecular complexity index is 536. The summed E-state index contributed by atoms with van der Waals surface area (Å²) < 4.78 is 22.7. The third kappa shape index (κ3) is 2.66. The molecule has 1 atom stereocenters. The van der Waals surface area contributed by atoms with Crippen molar-refractivity contribution in [1.82, 2.24) is 9.88 Å². The summed E-state index contributed by atoms with van der Waals surface area (Å²) in [6.07, 6.45) is 0.523. The zero-order chi connectivity index (χ0) is 12.6. The van der Waals surface area contributed by atoms with E-state index in [1.165, 1.54) is 16.2 Å². The number of sulfone groups is 1. The molecular weight excluding hydrogens is 260 g/mol. The predicted octanol–water partition coefficient (Wildman–Crippen LogP) is 0.711. The predicted molar refractivity (Wildman–Crippen MR) is 66.0 cm³/mol. The van der Waals surface area contributed by atoms with Crippen molar-refractivity contribution in [1.29, 1.82) is 0 Å². The Morgan fingerprint density at radius 2 is 2.29 bits per heavy atom. The Labute approximate surface area is 104 Å². The van der Waals surface area contributed by atoms with Crippen LogP contribution in [0.15, 0.2) is 5.38 Å². The third-order valence-corrected chi connectivity index (χ3v) is 5.58. The van der Waals surface area contributed by atoms with Gasteiger partial charge in [0.05, 0.1) is 11.5 Å². The second kappa shape index (κ2) is 4.38. The molecule has 2 rings (SSSR count). The van der Waals surface area contributed by atoms with E-state index in [-0.39, 0.29) is 23.5 Å². The lowest BCUT2D eigenvalue weighted by Gasteiger charge is -2.22. The first-order valence-electron chi connectivity index (χ1n) is 5.29. The molecule has 5 nitrogen and oxygen atoms in total. The molecule has 94 valence electrons. The summed E-state index contributed by atoms with van der Waals surface area (Å²) >= 11 is 1.29. The van der Waals surface area contributed by atoms with Crippen molar-refractivity contribution in [2.45, 2.75) is 19.4 Å². The fourth-order valence-electron chi connectivity index (χ4n) is 1.85. The van der Waals surface area contributed by atoms with E-state index in [1.54, 1.807) is 7.05 Å². The van der Waals surface area contributed by atoms with Gasteiger partial charge in [0.15, 0.2) is 14.8 Å². The van der Waals surface area contributed by atoms with Crippen LogP contribution >= 0.6 is 11.3 Å². The molecule has 0 aromatic carbocycles. The summed E-state index contributed by atoms with van der Waals surface area (Å²) in [5.74, 6) is 0.0522. The first kappa shape index (κ1) is 12.5. The Hall–Kier alpha value is -0.950. The van der Waals surface area contributed by atoms with Crippen molar-refractivity contribution >= 4 is 27.1 Å². The molecule has 0 aliphatic carbocycles. The number of carbonyl (C=O) groups is 1. The highest BCUT2D eigenvalue weighted by Crippen LogP contribution is 2.19. The number of aryl methyl sites for hydroxylation is 1. The molecule has 1 amide bonds. The van der Waals surface area contributed by atoms with Crippen molar-refractivity contribution in [3.05, 3.63) is 16.1 Å². The van der Waals surface area contributed by atoms with Gasteiger partial charge in [-0.15, -0.1) is 11.3 Å². The van der Waals surface area contributed by atoms with Crippen molar-refractivity contribution in [2.75, 3.05) is 18.6 Å². The van der Waals surface area contributed by atoms with E-state index in [2.05, 4.69) is 4.98 Å². The molecule has 2 heterocycles. The van der Waals surface area contributed by atoms with Gasteiger partial charge >= 0.3 is 0 Å². The maximum atomic E-state index is 12.0. The van der Waals surface area contributed by atoms with Crippen molar-refractivity contribution < 1.29 is 13.2 Å². The quantitative estimate of drug-likeness (QED) is 0.796. The molecule has 7 heteroatoms. The van der Waals surface area contributed by atoms with E-state index in [4.69, 9.17) is 0 Å². The summed E-state index contributed by atoms with van der Waals surface area (Å²) in [6.45, 7) is 1.83. The Balaban J connectivity index is 2.11. The van der Waals surface area contributed by atoms with Gasteiger partial charge in [-0.2, -0.15) is 0 Å². The van der Waals surface area contributed by atoms with Gasteiger partial charge in [-0.3, -0.25) is 4.79 Å². The lowest BCUT2D eigenvalue weighted by molar-refractivity contribution is 0.0747. The number of aromatic nitrogens is 1. The fourth-order valence-corrected chi connectivity index (χ4v) is 4.40. The average molecular weight is 274 g/mol. The molecule has 1 aromatic rings. The van der Waals surface area contributed by atoms with Crippen LogP contribution in [0.1, 0.15) is 21.9 Å². The summed E-state index contributed by atoms with van der Waals surface area (Å²) in [7, 11) is -1.32. The number of carbonyl (C=O) groups excluding carboxylic acids is 1. The number of hydrogen-bond acceptors (Lipinski definition) is 5. The zero-order valence-electron chi connectivity index (χ0n) is 9.71. The van der Waals surface area contributed by atoms with Crippen molar-refractivity contribution in [3.63, 3.8) is 0 Å². The highest BCUT2D eigenvalue weighted by Gasteiger charge is 2.33. The molecule has 17 heavy (non-hydrogen) atoms. The maximum absolute atomic E-state index is 12.0. The van der Waals surface area contributed by atoms with Gasteiger partial charge < -0.3 is 4.90 Å². The maximum Gasteiger partial charge on any atom is 0.282 e. The first-order chi connectivity index (χ1) is 7.89. The van der Waals surface area contributed by atoms with Crippen LogP contribution in [0.5, 0.6) is 0 Å². The number of hydrogen-bond donors (Lipinski definition) is 0. The molecule has 1 saturated heterocycles. The SMILES string of the molecule is Cc1csc(C(=O)N(C)C2CCS(=O)(=O)C2)n1. The van der Waals surface area contributed by atoms with Gasteiger partial charge in [-0.1, -0.05) is 0 Å². The average Bonchev–Trinajstić information content (AvgIpc) is 2.82. The Morgan fingerprint density at radius 3 is 2.76 bits per heavy atom. The van der Waals surface area contributed by atoms with Crippen molar-refractivity contribution in [2.24, 2.45) is 0 Å². The highest BCUT2D eigenvalue weighted by atomic mass is 32.2. The van der Waals surface area contributed by atoms with E-state index in [1.807, 2.05) is 12.3 Å². The fraction of sp³-hybridized carbons (Fsp3) is 0.600. The lowest BCUT2D eigenvalue weighted by atomic mass is 10.2. The summed E-state index contributed by atoms with van der Waals surface area (Å²) in [5, 5.41) is 2.24. The molecule has 1 aliphatic rings. The summed E-state index contributed by atoms with van der Waals surface area (Å²) in [5.41, 5.74) is 0.811. The lowest BCUT2D eigenvalue weighted by Crippen LogP contribution is -2.37. The first-order valence-corrected chi connectivity index (χ1v) is 7.99. The molecule has 1 unspecified atom stereocenters. The van der Waals surface area contributed by atoms with Crippen LogP contribution in [0.4, 0.5) is 0 Å². The summed E-state index contributed by atoms with van der Waals surface area (Å²) in [4.78, 5) is 17.7. The van der Waals surface area contributed by atoms with Crippen LogP contribution in [0.2, 0.25) is 0 Å². The monoisotopic (exact) mass is 274 g/mol. The third-order valence-electron chi connectivity index (χ3n) is 2.88. The van der Waals surface area contributed by atoms with Gasteiger partial charge in [-0.05, 0) is 13.3 Å². The van der Waals surface area contributed by atoms with E-state index in [9.17, 15) is 13.2 Å². The number of nitrogens with zero attached hydrogens (tertiary/aromatic N) is 2.